The van der Waals surface area contributed by atoms with Crippen LogP contribution in [0.2, 0.25) is 0 Å². The third-order valence-electron chi connectivity index (χ3n) is 15.5. The molecule has 0 bridgehead atoms. The van der Waals surface area contributed by atoms with Gasteiger partial charge in [0.1, 0.15) is 39.6 Å². The molecule has 532 valence electrons. The molecule has 27 heteroatoms. The predicted molar refractivity (Wildman–Crippen MR) is 431 cm³/mol. The average Bonchev–Trinajstić information content (AvgIpc) is 1.70. The monoisotopic (exact) mass is 1560 g/mol. The van der Waals surface area contributed by atoms with Gasteiger partial charge in [-0.1, -0.05) is 145 Å². The zero-order chi connectivity index (χ0) is 73.1. The molecule has 0 unspecified atom stereocenters. The van der Waals surface area contributed by atoms with Crippen molar-refractivity contribution < 1.29 is 37.2 Å². The van der Waals surface area contributed by atoms with E-state index in [1.807, 2.05) is 208 Å². The number of sulfone groups is 1. The van der Waals surface area contributed by atoms with Gasteiger partial charge in [-0.15, -0.1) is 68.0 Å². The second kappa shape index (κ2) is 35.9. The maximum atomic E-state index is 12.1. The fourth-order valence-electron chi connectivity index (χ4n) is 10.8. The average molecular weight is 1560 g/mol. The van der Waals surface area contributed by atoms with Gasteiger partial charge in [0.15, 0.2) is 9.93 Å². The highest BCUT2D eigenvalue weighted by atomic mass is 32.2. The molecule has 18 nitrogen and oxygen atoms in total. The number of hydrogen-bond donors (Lipinski definition) is 2. The number of aliphatic hydroxyl groups is 1. The SMILES string of the molecule is COc1ccccc1-n1c(-c2cccs2)c[nH]c1=S.COc1ccccc1-n1c(-c2cccs2)cnc1OCc1csc(-c2ccccc2)n1.COc1ccccc1-n1c(-c2cccs2)cnc1S(C)(=O)=O.COc1ccccc1-n1c(-c2cccs2)cnc1SC.OCc1csc(-c2ccccc2)n1. The molecule has 0 spiro atoms. The summed E-state index contributed by atoms with van der Waals surface area (Å²) in [5.41, 5.74) is 11.1. The molecule has 16 rings (SSSR count). The number of nitrogens with one attached hydrogen (secondary N) is 1. The first kappa shape index (κ1) is 74.4. The van der Waals surface area contributed by atoms with Gasteiger partial charge in [0, 0.05) is 34.3 Å². The molecule has 0 radical (unpaired) electrons. The van der Waals surface area contributed by atoms with Crippen LogP contribution in [-0.4, -0.2) is 103 Å². The van der Waals surface area contributed by atoms with E-state index in [0.29, 0.717) is 28.8 Å². The number of H-pyrrole nitrogens is 1. The second-order valence-corrected chi connectivity index (χ2v) is 30.7. The molecular formula is C78H68N10O8S9. The van der Waals surface area contributed by atoms with E-state index in [1.54, 1.807) is 114 Å². The summed E-state index contributed by atoms with van der Waals surface area (Å²) in [5, 5.41) is 23.8. The molecule has 0 atom stereocenters. The van der Waals surface area contributed by atoms with Gasteiger partial charge in [-0.25, -0.2) is 33.3 Å². The first-order chi connectivity index (χ1) is 51.4. The van der Waals surface area contributed by atoms with Crippen molar-refractivity contribution in [2.45, 2.75) is 23.5 Å². The minimum Gasteiger partial charge on any atom is -0.495 e. The van der Waals surface area contributed by atoms with Crippen molar-refractivity contribution in [2.75, 3.05) is 41.0 Å². The Morgan fingerprint density at radius 2 is 0.848 bits per heavy atom. The summed E-state index contributed by atoms with van der Waals surface area (Å²) in [7, 11) is 3.11. The molecule has 0 saturated carbocycles. The van der Waals surface area contributed by atoms with E-state index in [2.05, 4.69) is 88.1 Å². The lowest BCUT2D eigenvalue weighted by Crippen LogP contribution is -2.09. The minimum atomic E-state index is -3.48. The van der Waals surface area contributed by atoms with Crippen LogP contribution < -0.4 is 23.7 Å². The number of benzene rings is 6. The molecule has 10 aromatic heterocycles. The van der Waals surface area contributed by atoms with Crippen molar-refractivity contribution in [1.82, 2.24) is 48.2 Å². The van der Waals surface area contributed by atoms with Crippen LogP contribution in [0.3, 0.4) is 0 Å². The molecule has 0 aliphatic carbocycles. The summed E-state index contributed by atoms with van der Waals surface area (Å²) in [6.45, 7) is 0.350. The molecule has 0 aliphatic heterocycles. The largest absolute Gasteiger partial charge is 0.495 e. The number of methoxy groups -OCH3 is 4. The zero-order valence-corrected chi connectivity index (χ0v) is 64.7. The highest BCUT2D eigenvalue weighted by Crippen LogP contribution is 2.39. The Hall–Kier alpha value is -10.3. The lowest BCUT2D eigenvalue weighted by atomic mass is 10.2. The smallest absolute Gasteiger partial charge is 0.302 e. The van der Waals surface area contributed by atoms with Crippen LogP contribution in [0.1, 0.15) is 11.4 Å². The number of thiazole rings is 2. The molecule has 16 aromatic rings. The van der Waals surface area contributed by atoms with E-state index < -0.39 is 9.84 Å². The van der Waals surface area contributed by atoms with Crippen molar-refractivity contribution in [3.05, 3.63) is 279 Å². The molecule has 10 heterocycles. The third-order valence-corrected chi connectivity index (χ3v) is 22.9. The van der Waals surface area contributed by atoms with Gasteiger partial charge >= 0.3 is 6.01 Å². The van der Waals surface area contributed by atoms with E-state index in [1.165, 1.54) is 21.1 Å². The Morgan fingerprint density at radius 1 is 0.457 bits per heavy atom. The fraction of sp³-hybridized carbons (Fsp3) is 0.103. The Bertz CT molecular complexity index is 5550. The summed E-state index contributed by atoms with van der Waals surface area (Å²) in [6, 6.07) is 67.9. The van der Waals surface area contributed by atoms with E-state index in [-0.39, 0.29) is 11.8 Å². The van der Waals surface area contributed by atoms with Crippen molar-refractivity contribution in [1.29, 1.82) is 0 Å². The first-order valence-corrected chi connectivity index (χ1v) is 40.9. The second-order valence-electron chi connectivity index (χ2n) is 22.1. The zero-order valence-electron chi connectivity index (χ0n) is 57.3. The quantitative estimate of drug-likeness (QED) is 0.0539. The number of aromatic nitrogens is 10. The number of thioether (sulfide) groups is 1. The molecule has 0 aliphatic rings. The molecule has 0 fully saturated rings. The maximum absolute atomic E-state index is 12.1. The summed E-state index contributed by atoms with van der Waals surface area (Å²) >= 11 is 16.8. The van der Waals surface area contributed by atoms with Crippen LogP contribution in [0, 0.1) is 4.77 Å². The van der Waals surface area contributed by atoms with E-state index in [4.69, 9.17) is 46.0 Å². The minimum absolute atomic E-state index is 0.000370. The van der Waals surface area contributed by atoms with Gasteiger partial charge in [-0.3, -0.25) is 18.3 Å². The lowest BCUT2D eigenvalue weighted by molar-refractivity contribution is 0.272. The van der Waals surface area contributed by atoms with Crippen molar-refractivity contribution >= 4 is 102 Å². The Balaban J connectivity index is 0.000000126. The number of nitrogens with zero attached hydrogens (tertiary/aromatic N) is 9. The van der Waals surface area contributed by atoms with E-state index in [9.17, 15) is 8.42 Å². The lowest BCUT2D eigenvalue weighted by Gasteiger charge is -2.14. The van der Waals surface area contributed by atoms with Gasteiger partial charge in [0.2, 0.25) is 15.0 Å². The highest BCUT2D eigenvalue weighted by Gasteiger charge is 2.25. The Morgan fingerprint density at radius 3 is 1.29 bits per heavy atom. The normalized spacial score (nSPS) is 10.8. The predicted octanol–water partition coefficient (Wildman–Crippen LogP) is 20.2. The van der Waals surface area contributed by atoms with Gasteiger partial charge in [0.05, 0.1) is 130 Å². The molecule has 105 heavy (non-hydrogen) atoms. The van der Waals surface area contributed by atoms with Crippen LogP contribution in [0.5, 0.6) is 29.0 Å². The standard InChI is InChI=1S/C24H19N3O2S2.C15H14N2O3S2.C15H14N2OS2.C14H12N2OS2.C10H9NOS/c1-28-21-11-6-5-10-19(21)27-20(22-12-7-13-30-22)14-25-24(27)29-15-18-16-31-23(26-18)17-8-3-2-4-9-17;1-20-13-7-4-3-6-11(13)17-12(14-8-5-9-21-14)10-16-15(17)22(2,18)19;1-18-13-7-4-3-6-11(13)17-12(10-16-15(17)19-2)14-8-5-9-20-14;1-17-12-6-3-2-5-10(12)16-11(9-15-14(16)18)13-7-4-8-19-13;12-6-9-7-13-10(11-9)8-4-2-1-3-5-8/h2-14,16H,15H2,1H3;3-10H,1-2H3;3-10H,1-2H3;2-9H,1H3,(H,15,18);1-5,7,12H,6H2. The van der Waals surface area contributed by atoms with Gasteiger partial charge in [-0.05, 0) is 113 Å². The van der Waals surface area contributed by atoms with Crippen molar-refractivity contribution in [3.8, 4) is 115 Å². The van der Waals surface area contributed by atoms with Gasteiger partial charge < -0.3 is 33.8 Å². The number of imidazole rings is 4. The first-order valence-electron chi connectivity index (χ1n) is 32.1. The number of hydrogen-bond acceptors (Lipinski definition) is 21. The van der Waals surface area contributed by atoms with Crippen LogP contribution in [0.25, 0.3) is 86.2 Å². The maximum Gasteiger partial charge on any atom is 0.302 e. The molecule has 0 amide bonds. The topological polar surface area (TPSA) is 200 Å². The van der Waals surface area contributed by atoms with Crippen molar-refractivity contribution in [2.24, 2.45) is 0 Å². The number of thiophene rings is 4. The highest BCUT2D eigenvalue weighted by molar-refractivity contribution is 7.98. The van der Waals surface area contributed by atoms with E-state index >= 15 is 0 Å². The van der Waals surface area contributed by atoms with Crippen molar-refractivity contribution in [3.63, 3.8) is 0 Å². The Labute approximate surface area is 641 Å². The van der Waals surface area contributed by atoms with Crippen LogP contribution in [0.4, 0.5) is 0 Å². The number of aliphatic hydroxyl groups excluding tert-OH is 1. The molecule has 6 aromatic carbocycles. The van der Waals surface area contributed by atoms with Crippen LogP contribution in [-0.2, 0) is 23.1 Å². The van der Waals surface area contributed by atoms with Crippen LogP contribution in [0.15, 0.2) is 274 Å². The number of ether oxygens (including phenoxy) is 5. The summed E-state index contributed by atoms with van der Waals surface area (Å²) in [6.07, 6.45) is 10.5. The molecule has 0 saturated heterocycles. The van der Waals surface area contributed by atoms with Crippen LogP contribution >= 0.6 is 92.0 Å². The number of aromatic amines is 1. The third kappa shape index (κ3) is 17.7. The Kier molecular flexibility index (Phi) is 25.5. The van der Waals surface area contributed by atoms with Gasteiger partial charge in [0.25, 0.3) is 0 Å². The fourth-order valence-corrected chi connectivity index (χ4v) is 16.9. The summed E-state index contributed by atoms with van der Waals surface area (Å²) in [5.74, 6) is 2.99. The van der Waals surface area contributed by atoms with E-state index in [0.717, 1.165) is 111 Å². The number of rotatable bonds is 20. The van der Waals surface area contributed by atoms with Gasteiger partial charge in [-0.2, -0.15) is 0 Å². The molecule has 2 N–H and O–H groups in total. The summed E-state index contributed by atoms with van der Waals surface area (Å²) < 4.78 is 60.6. The summed E-state index contributed by atoms with van der Waals surface area (Å²) in [4.78, 5) is 29.7. The molecular weight excluding hydrogens is 1490 g/mol. The number of para-hydroxylation sites is 8.